The summed E-state index contributed by atoms with van der Waals surface area (Å²) in [4.78, 5) is 8.37. The van der Waals surface area contributed by atoms with Crippen LogP contribution in [0, 0.1) is 0 Å². The Balaban J connectivity index is 3.16. The molecule has 90 valence electrons. The maximum absolute atomic E-state index is 5.64. The molecule has 0 saturated heterocycles. The quantitative estimate of drug-likeness (QED) is 0.781. The van der Waals surface area contributed by atoms with Crippen LogP contribution < -0.4 is 16.2 Å². The third-order valence-electron chi connectivity index (χ3n) is 2.39. The fourth-order valence-electron chi connectivity index (χ4n) is 1.66. The second-order valence-corrected chi connectivity index (χ2v) is 4.00. The molecule has 0 radical (unpaired) electrons. The van der Waals surface area contributed by atoms with Crippen LogP contribution in [0.15, 0.2) is 0 Å². The van der Waals surface area contributed by atoms with Crippen LogP contribution in [0.4, 0.5) is 5.95 Å². The van der Waals surface area contributed by atoms with Crippen molar-refractivity contribution in [3.63, 3.8) is 0 Å². The van der Waals surface area contributed by atoms with E-state index in [4.69, 9.17) is 16.2 Å². The average molecular weight is 224 g/mol. The third kappa shape index (κ3) is 2.82. The molecule has 5 nitrogen and oxygen atoms in total. The molecule has 0 aliphatic carbocycles. The summed E-state index contributed by atoms with van der Waals surface area (Å²) < 4.78 is 5.24. The van der Waals surface area contributed by atoms with Crippen molar-refractivity contribution in [1.29, 1.82) is 0 Å². The molecule has 4 N–H and O–H groups in total. The summed E-state index contributed by atoms with van der Waals surface area (Å²) in [7, 11) is 1.60. The minimum Gasteiger partial charge on any atom is -0.481 e. The van der Waals surface area contributed by atoms with Crippen LogP contribution in [0.2, 0.25) is 0 Å². The summed E-state index contributed by atoms with van der Waals surface area (Å²) in [5.41, 5.74) is 13.1. The van der Waals surface area contributed by atoms with E-state index in [9.17, 15) is 0 Å². The van der Waals surface area contributed by atoms with Gasteiger partial charge in [0.25, 0.3) is 0 Å². The molecular formula is C11H20N4O. The molecule has 0 unspecified atom stereocenters. The summed E-state index contributed by atoms with van der Waals surface area (Å²) in [5, 5.41) is 0. The minimum absolute atomic E-state index is 0.261. The maximum atomic E-state index is 5.64. The summed E-state index contributed by atoms with van der Waals surface area (Å²) in [6.45, 7) is 4.80. The second kappa shape index (κ2) is 5.65. The van der Waals surface area contributed by atoms with Gasteiger partial charge in [-0.05, 0) is 25.3 Å². The Morgan fingerprint density at radius 3 is 2.50 bits per heavy atom. The van der Waals surface area contributed by atoms with Gasteiger partial charge in [-0.2, -0.15) is 4.98 Å². The number of ether oxygens (including phenoxy) is 1. The molecule has 1 heterocycles. The van der Waals surface area contributed by atoms with E-state index < -0.39 is 0 Å². The molecule has 0 aliphatic rings. The van der Waals surface area contributed by atoms with Gasteiger partial charge in [-0.1, -0.05) is 13.8 Å². The van der Waals surface area contributed by atoms with E-state index >= 15 is 0 Å². The summed E-state index contributed by atoms with van der Waals surface area (Å²) in [6, 6.07) is 0. The average Bonchev–Trinajstić information content (AvgIpc) is 2.26. The number of nitrogen functional groups attached to an aromatic ring is 1. The predicted octanol–water partition coefficient (Wildman–Crippen LogP) is 1.08. The highest BCUT2D eigenvalue weighted by atomic mass is 16.5. The van der Waals surface area contributed by atoms with Crippen molar-refractivity contribution >= 4 is 5.95 Å². The Bertz CT molecular complexity index is 352. The van der Waals surface area contributed by atoms with Crippen LogP contribution in [-0.4, -0.2) is 23.6 Å². The molecule has 0 aromatic carbocycles. The fraction of sp³-hybridized carbons (Fsp3) is 0.636. The number of anilines is 1. The first-order chi connectivity index (χ1) is 7.60. The Hall–Kier alpha value is -1.36. The molecule has 1 aromatic rings. The van der Waals surface area contributed by atoms with Gasteiger partial charge in [0, 0.05) is 5.56 Å². The Morgan fingerprint density at radius 1 is 1.31 bits per heavy atom. The maximum Gasteiger partial charge on any atom is 0.223 e. The summed E-state index contributed by atoms with van der Waals surface area (Å²) in [5.74, 6) is 1.13. The van der Waals surface area contributed by atoms with Gasteiger partial charge < -0.3 is 16.2 Å². The predicted molar refractivity (Wildman–Crippen MR) is 64.5 cm³/mol. The summed E-state index contributed by atoms with van der Waals surface area (Å²) in [6.07, 6.45) is 1.72. The molecule has 1 rings (SSSR count). The fourth-order valence-corrected chi connectivity index (χ4v) is 1.66. The molecule has 0 saturated carbocycles. The minimum atomic E-state index is 0.261. The normalized spacial score (nSPS) is 10.8. The van der Waals surface area contributed by atoms with E-state index in [1.54, 1.807) is 7.11 Å². The molecule has 0 spiro atoms. The van der Waals surface area contributed by atoms with E-state index in [0.717, 1.165) is 24.1 Å². The van der Waals surface area contributed by atoms with Gasteiger partial charge in [-0.25, -0.2) is 4.98 Å². The number of hydrogen-bond acceptors (Lipinski definition) is 5. The smallest absolute Gasteiger partial charge is 0.223 e. The van der Waals surface area contributed by atoms with Crippen LogP contribution in [0.1, 0.15) is 37.4 Å². The number of rotatable bonds is 5. The lowest BCUT2D eigenvalue weighted by atomic mass is 10.0. The zero-order chi connectivity index (χ0) is 12.1. The van der Waals surface area contributed by atoms with E-state index in [-0.39, 0.29) is 5.95 Å². The van der Waals surface area contributed by atoms with Gasteiger partial charge in [0.1, 0.15) is 0 Å². The van der Waals surface area contributed by atoms with Crippen LogP contribution in [0.25, 0.3) is 0 Å². The summed E-state index contributed by atoms with van der Waals surface area (Å²) >= 11 is 0. The van der Waals surface area contributed by atoms with Gasteiger partial charge in [0.05, 0.1) is 12.8 Å². The van der Waals surface area contributed by atoms with Crippen LogP contribution in [0.5, 0.6) is 5.88 Å². The van der Waals surface area contributed by atoms with Crippen molar-refractivity contribution in [3.05, 3.63) is 11.3 Å². The third-order valence-corrected chi connectivity index (χ3v) is 2.39. The standard InChI is InChI=1S/C11H20N4O/c1-7(2)9-8(5-4-6-12)10(16-3)15-11(13)14-9/h7H,4-6,12H2,1-3H3,(H2,13,14,15). The van der Waals surface area contributed by atoms with Crippen molar-refractivity contribution in [2.75, 3.05) is 19.4 Å². The molecule has 1 aromatic heterocycles. The second-order valence-electron chi connectivity index (χ2n) is 4.00. The molecule has 16 heavy (non-hydrogen) atoms. The first kappa shape index (κ1) is 12.7. The molecule has 0 fully saturated rings. The lowest BCUT2D eigenvalue weighted by molar-refractivity contribution is 0.390. The van der Waals surface area contributed by atoms with E-state index in [0.29, 0.717) is 18.3 Å². The van der Waals surface area contributed by atoms with Crippen molar-refractivity contribution in [2.24, 2.45) is 5.73 Å². The van der Waals surface area contributed by atoms with E-state index in [1.165, 1.54) is 0 Å². The first-order valence-corrected chi connectivity index (χ1v) is 5.50. The highest BCUT2D eigenvalue weighted by molar-refractivity contribution is 5.37. The first-order valence-electron chi connectivity index (χ1n) is 5.50. The molecule has 0 bridgehead atoms. The van der Waals surface area contributed by atoms with Crippen molar-refractivity contribution in [1.82, 2.24) is 9.97 Å². The number of hydrogen-bond donors (Lipinski definition) is 2. The van der Waals surface area contributed by atoms with E-state index in [1.807, 2.05) is 0 Å². The van der Waals surface area contributed by atoms with Gasteiger partial charge in [-0.3, -0.25) is 0 Å². The molecular weight excluding hydrogens is 204 g/mol. The van der Waals surface area contributed by atoms with Gasteiger partial charge in [0.2, 0.25) is 11.8 Å². The SMILES string of the molecule is COc1nc(N)nc(C(C)C)c1CCCN. The number of methoxy groups -OCH3 is 1. The molecule has 0 aliphatic heterocycles. The monoisotopic (exact) mass is 224 g/mol. The number of nitrogens with zero attached hydrogens (tertiary/aromatic N) is 2. The van der Waals surface area contributed by atoms with E-state index in [2.05, 4.69) is 23.8 Å². The van der Waals surface area contributed by atoms with Gasteiger partial charge in [0.15, 0.2) is 0 Å². The Kier molecular flexibility index (Phi) is 4.49. The van der Waals surface area contributed by atoms with Gasteiger partial charge >= 0.3 is 0 Å². The van der Waals surface area contributed by atoms with Crippen molar-refractivity contribution < 1.29 is 4.74 Å². The lowest BCUT2D eigenvalue weighted by Crippen LogP contribution is -2.10. The van der Waals surface area contributed by atoms with Crippen molar-refractivity contribution in [3.8, 4) is 5.88 Å². The van der Waals surface area contributed by atoms with Gasteiger partial charge in [-0.15, -0.1) is 0 Å². The van der Waals surface area contributed by atoms with Crippen LogP contribution in [0.3, 0.4) is 0 Å². The highest BCUT2D eigenvalue weighted by Gasteiger charge is 2.16. The Labute approximate surface area is 96.2 Å². The molecule has 5 heteroatoms. The number of aromatic nitrogens is 2. The zero-order valence-electron chi connectivity index (χ0n) is 10.2. The van der Waals surface area contributed by atoms with Crippen LogP contribution in [-0.2, 0) is 6.42 Å². The highest BCUT2D eigenvalue weighted by Crippen LogP contribution is 2.26. The molecule has 0 amide bonds. The topological polar surface area (TPSA) is 87.0 Å². The lowest BCUT2D eigenvalue weighted by Gasteiger charge is -2.15. The number of nitrogens with two attached hydrogens (primary N) is 2. The van der Waals surface area contributed by atoms with Crippen LogP contribution >= 0.6 is 0 Å². The molecule has 0 atom stereocenters. The van der Waals surface area contributed by atoms with Crippen molar-refractivity contribution in [2.45, 2.75) is 32.6 Å². The largest absolute Gasteiger partial charge is 0.481 e. The Morgan fingerprint density at radius 2 is 2.00 bits per heavy atom. The zero-order valence-corrected chi connectivity index (χ0v) is 10.2.